The summed E-state index contributed by atoms with van der Waals surface area (Å²) >= 11 is 1.61. The van der Waals surface area contributed by atoms with E-state index in [1.54, 1.807) is 16.7 Å². The fourth-order valence-electron chi connectivity index (χ4n) is 4.26. The highest BCUT2D eigenvalue weighted by Crippen LogP contribution is 2.20. The molecule has 0 aliphatic heterocycles. The molecule has 172 valence electrons. The quantitative estimate of drug-likeness (QED) is 0.554. The number of hydrogen-bond donors (Lipinski definition) is 1. The number of thioether (sulfide) groups is 1. The summed E-state index contributed by atoms with van der Waals surface area (Å²) in [5, 5.41) is 3.20. The topological polar surface area (TPSA) is 49.4 Å². The molecule has 4 nitrogen and oxygen atoms in total. The van der Waals surface area contributed by atoms with E-state index >= 15 is 0 Å². The number of carbonyl (C=O) groups is 2. The maximum absolute atomic E-state index is 13.3. The van der Waals surface area contributed by atoms with E-state index in [1.807, 2.05) is 44.2 Å². The minimum atomic E-state index is -0.496. The Balaban J connectivity index is 1.66. The van der Waals surface area contributed by atoms with Gasteiger partial charge in [0.2, 0.25) is 11.8 Å². The van der Waals surface area contributed by atoms with Crippen LogP contribution in [-0.4, -0.2) is 34.6 Å². The molecule has 1 atom stereocenters. The third-order valence-corrected chi connectivity index (χ3v) is 7.26. The van der Waals surface area contributed by atoms with Crippen LogP contribution in [0.1, 0.15) is 61.3 Å². The van der Waals surface area contributed by atoms with E-state index in [0.717, 1.165) is 29.7 Å². The van der Waals surface area contributed by atoms with E-state index in [-0.39, 0.29) is 17.9 Å². The molecule has 1 aliphatic carbocycles. The summed E-state index contributed by atoms with van der Waals surface area (Å²) < 4.78 is 0. The number of amides is 2. The van der Waals surface area contributed by atoms with Gasteiger partial charge in [0.05, 0.1) is 5.75 Å². The van der Waals surface area contributed by atoms with E-state index in [2.05, 4.69) is 30.4 Å². The van der Waals surface area contributed by atoms with Crippen molar-refractivity contribution in [2.24, 2.45) is 0 Å². The van der Waals surface area contributed by atoms with Gasteiger partial charge >= 0.3 is 0 Å². The Labute approximate surface area is 197 Å². The number of benzene rings is 2. The fraction of sp³-hybridized carbons (Fsp3) is 0.481. The summed E-state index contributed by atoms with van der Waals surface area (Å²) in [6, 6.07) is 16.2. The molecule has 0 aromatic heterocycles. The van der Waals surface area contributed by atoms with Gasteiger partial charge in [-0.05, 0) is 50.3 Å². The lowest BCUT2D eigenvalue weighted by atomic mass is 9.95. The van der Waals surface area contributed by atoms with Crippen molar-refractivity contribution in [2.75, 3.05) is 5.75 Å². The van der Waals surface area contributed by atoms with Crippen LogP contribution in [0, 0.1) is 13.8 Å². The van der Waals surface area contributed by atoms with Crippen molar-refractivity contribution in [3.8, 4) is 0 Å². The highest BCUT2D eigenvalue weighted by atomic mass is 32.2. The third-order valence-electron chi connectivity index (χ3n) is 6.30. The first kappa shape index (κ1) is 24.4. The van der Waals surface area contributed by atoms with Gasteiger partial charge in [0, 0.05) is 18.3 Å². The molecule has 0 spiro atoms. The van der Waals surface area contributed by atoms with E-state index in [1.165, 1.54) is 30.4 Å². The fourth-order valence-corrected chi connectivity index (χ4v) is 5.25. The lowest BCUT2D eigenvalue weighted by Gasteiger charge is -2.31. The first-order valence-corrected chi connectivity index (χ1v) is 12.9. The Kier molecular flexibility index (Phi) is 9.22. The van der Waals surface area contributed by atoms with Gasteiger partial charge in [-0.3, -0.25) is 9.59 Å². The zero-order valence-corrected chi connectivity index (χ0v) is 20.4. The van der Waals surface area contributed by atoms with Crippen LogP contribution in [0.15, 0.2) is 48.5 Å². The minimum absolute atomic E-state index is 0.0105. The van der Waals surface area contributed by atoms with Gasteiger partial charge in [0.25, 0.3) is 0 Å². The molecule has 0 radical (unpaired) electrons. The average Bonchev–Trinajstić information content (AvgIpc) is 2.79. The number of nitrogens with one attached hydrogen (secondary N) is 1. The second-order valence-electron chi connectivity index (χ2n) is 8.95. The van der Waals surface area contributed by atoms with E-state index in [9.17, 15) is 9.59 Å². The Morgan fingerprint density at radius 1 is 1.06 bits per heavy atom. The number of rotatable bonds is 9. The Morgan fingerprint density at radius 3 is 2.53 bits per heavy atom. The SMILES string of the molecule is Cc1cccc(CN(C(=O)CSCc2ccccc2C)[C@H](C)C(=O)NC2CCCCC2)c1. The van der Waals surface area contributed by atoms with Crippen LogP contribution in [0.4, 0.5) is 0 Å². The van der Waals surface area contributed by atoms with E-state index in [0.29, 0.717) is 12.3 Å². The first-order chi connectivity index (χ1) is 15.4. The van der Waals surface area contributed by atoms with Crippen LogP contribution in [0.25, 0.3) is 0 Å². The molecule has 2 aromatic carbocycles. The molecule has 0 heterocycles. The molecular weight excluding hydrogens is 416 g/mol. The van der Waals surface area contributed by atoms with Crippen molar-refractivity contribution >= 4 is 23.6 Å². The number of aryl methyl sites for hydroxylation is 2. The Hall–Kier alpha value is -2.27. The molecule has 1 aliphatic rings. The summed E-state index contributed by atoms with van der Waals surface area (Å²) in [4.78, 5) is 28.1. The molecule has 1 fully saturated rings. The van der Waals surface area contributed by atoms with Crippen molar-refractivity contribution in [3.63, 3.8) is 0 Å². The molecule has 0 unspecified atom stereocenters. The van der Waals surface area contributed by atoms with Gasteiger partial charge in [-0.25, -0.2) is 0 Å². The van der Waals surface area contributed by atoms with Crippen LogP contribution < -0.4 is 5.32 Å². The predicted octanol–water partition coefficient (Wildman–Crippen LogP) is 5.40. The molecular formula is C27H36N2O2S. The molecule has 5 heteroatoms. The molecule has 2 amide bonds. The van der Waals surface area contributed by atoms with Crippen molar-refractivity contribution in [1.29, 1.82) is 0 Å². The zero-order chi connectivity index (χ0) is 22.9. The lowest BCUT2D eigenvalue weighted by molar-refractivity contribution is -0.139. The summed E-state index contributed by atoms with van der Waals surface area (Å²) in [6.07, 6.45) is 5.66. The maximum atomic E-state index is 13.3. The molecule has 1 saturated carbocycles. The second kappa shape index (κ2) is 12.1. The van der Waals surface area contributed by atoms with Gasteiger partial charge < -0.3 is 10.2 Å². The zero-order valence-electron chi connectivity index (χ0n) is 19.6. The summed E-state index contributed by atoms with van der Waals surface area (Å²) in [7, 11) is 0. The second-order valence-corrected chi connectivity index (χ2v) is 9.94. The highest BCUT2D eigenvalue weighted by Gasteiger charge is 2.28. The average molecular weight is 453 g/mol. The minimum Gasteiger partial charge on any atom is -0.352 e. The van der Waals surface area contributed by atoms with Crippen LogP contribution in [-0.2, 0) is 21.9 Å². The van der Waals surface area contributed by atoms with Crippen molar-refractivity contribution < 1.29 is 9.59 Å². The van der Waals surface area contributed by atoms with Crippen LogP contribution in [0.5, 0.6) is 0 Å². The van der Waals surface area contributed by atoms with Gasteiger partial charge in [-0.2, -0.15) is 0 Å². The summed E-state index contributed by atoms with van der Waals surface area (Å²) in [6.45, 7) is 6.45. The monoisotopic (exact) mass is 452 g/mol. The largest absolute Gasteiger partial charge is 0.352 e. The van der Waals surface area contributed by atoms with Crippen LogP contribution in [0.3, 0.4) is 0 Å². The normalized spacial score (nSPS) is 15.2. The van der Waals surface area contributed by atoms with Gasteiger partial charge in [0.1, 0.15) is 6.04 Å². The van der Waals surface area contributed by atoms with E-state index < -0.39 is 6.04 Å². The van der Waals surface area contributed by atoms with Crippen LogP contribution >= 0.6 is 11.8 Å². The number of nitrogens with zero attached hydrogens (tertiary/aromatic N) is 1. The molecule has 3 rings (SSSR count). The van der Waals surface area contributed by atoms with Crippen molar-refractivity contribution in [3.05, 3.63) is 70.8 Å². The summed E-state index contributed by atoms with van der Waals surface area (Å²) in [5.74, 6) is 1.12. The lowest BCUT2D eigenvalue weighted by Crippen LogP contribution is -2.50. The standard InChI is InChI=1S/C27H36N2O2S/c1-20-10-9-12-23(16-20)17-29(22(3)27(31)28-25-14-5-4-6-15-25)26(30)19-32-18-24-13-8-7-11-21(24)2/h7-13,16,22,25H,4-6,14-15,17-19H2,1-3H3,(H,28,31)/t22-/m1/s1. The smallest absolute Gasteiger partial charge is 0.242 e. The molecule has 32 heavy (non-hydrogen) atoms. The first-order valence-electron chi connectivity index (χ1n) is 11.7. The van der Waals surface area contributed by atoms with Crippen molar-refractivity contribution in [1.82, 2.24) is 10.2 Å². The molecule has 0 bridgehead atoms. The van der Waals surface area contributed by atoms with Crippen LogP contribution in [0.2, 0.25) is 0 Å². The maximum Gasteiger partial charge on any atom is 0.242 e. The third kappa shape index (κ3) is 7.13. The highest BCUT2D eigenvalue weighted by molar-refractivity contribution is 7.99. The molecule has 2 aromatic rings. The Bertz CT molecular complexity index is 908. The molecule has 0 saturated heterocycles. The Morgan fingerprint density at radius 2 is 1.81 bits per heavy atom. The number of hydrogen-bond acceptors (Lipinski definition) is 3. The van der Waals surface area contributed by atoms with Gasteiger partial charge in [-0.15, -0.1) is 11.8 Å². The summed E-state index contributed by atoms with van der Waals surface area (Å²) in [5.41, 5.74) is 4.70. The molecule has 1 N–H and O–H groups in total. The number of carbonyl (C=O) groups excluding carboxylic acids is 2. The van der Waals surface area contributed by atoms with Crippen molar-refractivity contribution in [2.45, 2.75) is 77.3 Å². The van der Waals surface area contributed by atoms with Gasteiger partial charge in [0.15, 0.2) is 0 Å². The van der Waals surface area contributed by atoms with E-state index in [4.69, 9.17) is 0 Å². The van der Waals surface area contributed by atoms with Gasteiger partial charge in [-0.1, -0.05) is 73.4 Å². The predicted molar refractivity (Wildman–Crippen MR) is 134 cm³/mol.